The summed E-state index contributed by atoms with van der Waals surface area (Å²) in [5.74, 6) is -6.48. The summed E-state index contributed by atoms with van der Waals surface area (Å²) in [6, 6.07) is 11.3. The van der Waals surface area contributed by atoms with E-state index in [1.165, 1.54) is 10.7 Å². The maximum Gasteiger partial charge on any atom is 0.408 e. The molecule has 220 valence electrons. The molecular formula is C28H30F5N5O3. The van der Waals surface area contributed by atoms with Gasteiger partial charge in [-0.3, -0.25) is 4.79 Å². The summed E-state index contributed by atoms with van der Waals surface area (Å²) in [6.45, 7) is -0.446. The third-order valence-corrected chi connectivity index (χ3v) is 7.73. The van der Waals surface area contributed by atoms with Crippen molar-refractivity contribution >= 4 is 17.6 Å². The molecule has 1 aliphatic heterocycles. The van der Waals surface area contributed by atoms with Crippen molar-refractivity contribution in [2.24, 2.45) is 17.8 Å². The number of alkyl carbamates (subject to hydrolysis) is 1. The molecule has 3 aromatic rings. The van der Waals surface area contributed by atoms with E-state index in [0.717, 1.165) is 5.56 Å². The number of imidazole rings is 1. The predicted molar refractivity (Wildman–Crippen MR) is 137 cm³/mol. The van der Waals surface area contributed by atoms with Crippen LogP contribution in [0.2, 0.25) is 0 Å². The largest absolute Gasteiger partial charge is 0.445 e. The summed E-state index contributed by atoms with van der Waals surface area (Å²) < 4.78 is 75.1. The van der Waals surface area contributed by atoms with Gasteiger partial charge >= 0.3 is 12.3 Å². The molecule has 1 saturated carbocycles. The zero-order valence-electron chi connectivity index (χ0n) is 22.0. The van der Waals surface area contributed by atoms with E-state index in [2.05, 4.69) is 20.7 Å². The van der Waals surface area contributed by atoms with Gasteiger partial charge in [-0.25, -0.2) is 23.1 Å². The Balaban J connectivity index is 1.35. The molecule has 13 heteroatoms. The fourth-order valence-electron chi connectivity index (χ4n) is 5.60. The van der Waals surface area contributed by atoms with E-state index in [0.29, 0.717) is 23.5 Å². The summed E-state index contributed by atoms with van der Waals surface area (Å²) in [5.41, 5.74) is 1.81. The summed E-state index contributed by atoms with van der Waals surface area (Å²) in [5, 5.41) is 9.47. The molecule has 1 aromatic carbocycles. The Morgan fingerprint density at radius 3 is 2.71 bits per heavy atom. The first-order valence-electron chi connectivity index (χ1n) is 13.5. The van der Waals surface area contributed by atoms with Crippen molar-refractivity contribution in [3.05, 3.63) is 65.6 Å². The first-order valence-corrected chi connectivity index (χ1v) is 13.5. The van der Waals surface area contributed by atoms with Crippen molar-refractivity contribution < 1.29 is 36.3 Å². The highest BCUT2D eigenvalue weighted by Crippen LogP contribution is 2.42. The topological polar surface area (TPSA) is 97.6 Å². The lowest BCUT2D eigenvalue weighted by atomic mass is 9.81. The summed E-state index contributed by atoms with van der Waals surface area (Å²) in [7, 11) is 0. The standard InChI is InChI=1S/C28H30F5N5O3/c29-27(30)10-4-7-18(13-27)24(36-26(40)41-16-17-5-2-1-3-6-17)22-15-38-23(35-22)9-8-21(37-38)12-19-11-20(28(31,32)33)14-34-25(19)39/h1-3,5-6,8-9,15,18-20,24H,4,7,10-14,16H2,(H,34,39)(H,36,40)/t18-,19?,20+,24+/m1/s1. The number of hydrogen-bond acceptors (Lipinski definition) is 5. The van der Waals surface area contributed by atoms with Gasteiger partial charge in [0.1, 0.15) is 6.61 Å². The van der Waals surface area contributed by atoms with Gasteiger partial charge in [-0.1, -0.05) is 30.3 Å². The van der Waals surface area contributed by atoms with E-state index < -0.39 is 60.9 Å². The third kappa shape index (κ3) is 7.12. The van der Waals surface area contributed by atoms with Gasteiger partial charge < -0.3 is 15.4 Å². The molecule has 0 bridgehead atoms. The van der Waals surface area contributed by atoms with Gasteiger partial charge in [0.15, 0.2) is 5.65 Å². The maximum atomic E-state index is 14.4. The molecule has 3 heterocycles. The molecule has 2 aliphatic rings. The van der Waals surface area contributed by atoms with Gasteiger partial charge in [0.2, 0.25) is 11.8 Å². The minimum Gasteiger partial charge on any atom is -0.445 e. The highest BCUT2D eigenvalue weighted by atomic mass is 19.4. The SMILES string of the molecule is O=C(N[C@H](c1cn2nc(CC3C[C@H](C(F)(F)F)CNC3=O)ccc2n1)[C@@H]1CCCC(F)(F)C1)OCc1ccccc1. The Kier molecular flexibility index (Phi) is 8.14. The highest BCUT2D eigenvalue weighted by Gasteiger charge is 2.45. The minimum absolute atomic E-state index is 0.000239. The number of rotatable bonds is 7. The van der Waals surface area contributed by atoms with E-state index >= 15 is 0 Å². The molecule has 41 heavy (non-hydrogen) atoms. The lowest BCUT2D eigenvalue weighted by molar-refractivity contribution is -0.183. The van der Waals surface area contributed by atoms with Crippen LogP contribution in [0.5, 0.6) is 0 Å². The average Bonchev–Trinajstić information content (AvgIpc) is 3.34. The number of fused-ring (bicyclic) bond motifs is 1. The number of halogens is 5. The molecule has 1 aliphatic carbocycles. The van der Waals surface area contributed by atoms with Crippen LogP contribution in [0.25, 0.3) is 5.65 Å². The first kappa shape index (κ1) is 28.7. The van der Waals surface area contributed by atoms with Crippen LogP contribution in [0.3, 0.4) is 0 Å². The Hall–Kier alpha value is -3.77. The van der Waals surface area contributed by atoms with Crippen LogP contribution in [0.4, 0.5) is 26.7 Å². The van der Waals surface area contributed by atoms with Crippen molar-refractivity contribution in [1.82, 2.24) is 25.2 Å². The second-order valence-corrected chi connectivity index (χ2v) is 10.8. The summed E-state index contributed by atoms with van der Waals surface area (Å²) in [6.07, 6.45) is -3.96. The van der Waals surface area contributed by atoms with Crippen LogP contribution in [0.1, 0.15) is 55.1 Å². The van der Waals surface area contributed by atoms with E-state index in [4.69, 9.17) is 4.74 Å². The molecule has 0 spiro atoms. The molecule has 2 amide bonds. The summed E-state index contributed by atoms with van der Waals surface area (Å²) in [4.78, 5) is 29.5. The molecule has 0 radical (unpaired) electrons. The zero-order valence-corrected chi connectivity index (χ0v) is 22.0. The third-order valence-electron chi connectivity index (χ3n) is 7.73. The van der Waals surface area contributed by atoms with Gasteiger partial charge in [0, 0.05) is 31.7 Å². The van der Waals surface area contributed by atoms with Gasteiger partial charge in [0.05, 0.1) is 29.5 Å². The van der Waals surface area contributed by atoms with Gasteiger partial charge in [-0.2, -0.15) is 18.3 Å². The van der Waals surface area contributed by atoms with Crippen molar-refractivity contribution in [2.45, 2.75) is 63.3 Å². The lowest BCUT2D eigenvalue weighted by Crippen LogP contribution is -2.47. The number of nitrogens with zero attached hydrogens (tertiary/aromatic N) is 3. The fourth-order valence-corrected chi connectivity index (χ4v) is 5.60. The number of hydrogen-bond donors (Lipinski definition) is 2. The van der Waals surface area contributed by atoms with Crippen molar-refractivity contribution in [2.75, 3.05) is 6.54 Å². The molecule has 2 aromatic heterocycles. The molecule has 1 unspecified atom stereocenters. The van der Waals surface area contributed by atoms with Gasteiger partial charge in [0.25, 0.3) is 0 Å². The van der Waals surface area contributed by atoms with E-state index in [1.807, 2.05) is 6.07 Å². The molecule has 2 N–H and O–H groups in total. The van der Waals surface area contributed by atoms with E-state index in [9.17, 15) is 31.5 Å². The number of aromatic nitrogens is 3. The Bertz CT molecular complexity index is 1380. The number of nitrogens with one attached hydrogen (secondary N) is 2. The molecular weight excluding hydrogens is 549 g/mol. The molecule has 2 fully saturated rings. The Morgan fingerprint density at radius 2 is 1.98 bits per heavy atom. The number of ether oxygens (including phenoxy) is 1. The number of benzene rings is 1. The van der Waals surface area contributed by atoms with Crippen molar-refractivity contribution in [3.8, 4) is 0 Å². The highest BCUT2D eigenvalue weighted by molar-refractivity contribution is 5.79. The molecule has 8 nitrogen and oxygen atoms in total. The average molecular weight is 580 g/mol. The van der Waals surface area contributed by atoms with Crippen molar-refractivity contribution in [3.63, 3.8) is 0 Å². The number of carbonyl (C=O) groups excluding carboxylic acids is 2. The Labute approximate surface area is 232 Å². The molecule has 4 atom stereocenters. The first-order chi connectivity index (χ1) is 19.5. The van der Waals surface area contributed by atoms with Crippen LogP contribution in [-0.4, -0.2) is 45.2 Å². The van der Waals surface area contributed by atoms with Gasteiger partial charge in [-0.15, -0.1) is 0 Å². The van der Waals surface area contributed by atoms with Crippen LogP contribution in [-0.2, 0) is 22.6 Å². The van der Waals surface area contributed by atoms with Crippen molar-refractivity contribution in [1.29, 1.82) is 0 Å². The second kappa shape index (κ2) is 11.6. The predicted octanol–water partition coefficient (Wildman–Crippen LogP) is 5.38. The number of carbonyl (C=O) groups is 2. The van der Waals surface area contributed by atoms with Crippen LogP contribution in [0.15, 0.2) is 48.7 Å². The molecule has 1 saturated heterocycles. The number of piperidine rings is 1. The quantitative estimate of drug-likeness (QED) is 0.367. The lowest BCUT2D eigenvalue weighted by Gasteiger charge is -2.33. The monoisotopic (exact) mass is 579 g/mol. The summed E-state index contributed by atoms with van der Waals surface area (Å²) >= 11 is 0. The second-order valence-electron chi connectivity index (χ2n) is 10.8. The Morgan fingerprint density at radius 1 is 1.20 bits per heavy atom. The van der Waals surface area contributed by atoms with Crippen LogP contribution < -0.4 is 10.6 Å². The minimum atomic E-state index is -4.41. The van der Waals surface area contributed by atoms with Gasteiger partial charge in [-0.05, 0) is 42.9 Å². The number of alkyl halides is 5. The normalized spacial score (nSPS) is 23.5. The van der Waals surface area contributed by atoms with E-state index in [-0.39, 0.29) is 32.3 Å². The maximum absolute atomic E-state index is 14.4. The zero-order chi connectivity index (χ0) is 29.2. The van der Waals surface area contributed by atoms with Crippen LogP contribution >= 0.6 is 0 Å². The molecule has 5 rings (SSSR count). The van der Waals surface area contributed by atoms with E-state index in [1.54, 1.807) is 36.4 Å². The fraction of sp³-hybridized carbons (Fsp3) is 0.500. The van der Waals surface area contributed by atoms with Crippen LogP contribution in [0, 0.1) is 17.8 Å². The smallest absolute Gasteiger partial charge is 0.408 e. The number of amides is 2.